The van der Waals surface area contributed by atoms with Gasteiger partial charge >= 0.3 is 0 Å². The minimum atomic E-state index is -0.132. The number of hydrogen-bond acceptors (Lipinski definition) is 5. The Morgan fingerprint density at radius 3 is 2.67 bits per heavy atom. The van der Waals surface area contributed by atoms with Crippen LogP contribution in [0.2, 0.25) is 0 Å². The molecule has 1 aromatic rings. The van der Waals surface area contributed by atoms with Gasteiger partial charge in [0.05, 0.1) is 19.3 Å². The molecule has 0 aromatic carbocycles. The third-order valence-electron chi connectivity index (χ3n) is 2.74. The summed E-state index contributed by atoms with van der Waals surface area (Å²) in [5.74, 6) is 0.508. The van der Waals surface area contributed by atoms with Crippen molar-refractivity contribution in [3.05, 3.63) is 16.4 Å². The van der Waals surface area contributed by atoms with Gasteiger partial charge < -0.3 is 14.4 Å². The van der Waals surface area contributed by atoms with Crippen molar-refractivity contribution in [3.63, 3.8) is 0 Å². The molecule has 0 amide bonds. The lowest BCUT2D eigenvalue weighted by atomic mass is 10.3. The highest BCUT2D eigenvalue weighted by molar-refractivity contribution is 5.54. The maximum Gasteiger partial charge on any atom is 0.268 e. The summed E-state index contributed by atoms with van der Waals surface area (Å²) in [6.45, 7) is 6.71. The van der Waals surface area contributed by atoms with E-state index in [9.17, 15) is 4.79 Å². The minimum Gasteiger partial charge on any atom is -0.472 e. The highest BCUT2D eigenvalue weighted by atomic mass is 16.5. The first-order valence-corrected chi connectivity index (χ1v) is 6.15. The van der Waals surface area contributed by atoms with Gasteiger partial charge in [-0.05, 0) is 13.8 Å². The van der Waals surface area contributed by atoms with Crippen molar-refractivity contribution in [2.75, 3.05) is 31.2 Å². The normalized spacial score (nSPS) is 16.1. The van der Waals surface area contributed by atoms with Gasteiger partial charge in [-0.3, -0.25) is 4.79 Å². The fourth-order valence-electron chi connectivity index (χ4n) is 1.85. The van der Waals surface area contributed by atoms with Gasteiger partial charge in [-0.2, -0.15) is 0 Å². The van der Waals surface area contributed by atoms with Crippen molar-refractivity contribution < 1.29 is 9.47 Å². The minimum absolute atomic E-state index is 0.0230. The number of ether oxygens (including phenoxy) is 2. The molecule has 0 unspecified atom stereocenters. The summed E-state index contributed by atoms with van der Waals surface area (Å²) in [6, 6.07) is 1.58. The van der Waals surface area contributed by atoms with Gasteiger partial charge in [0, 0.05) is 26.2 Å². The van der Waals surface area contributed by atoms with Gasteiger partial charge in [0.25, 0.3) is 11.4 Å². The molecule has 6 heteroatoms. The smallest absolute Gasteiger partial charge is 0.268 e. The predicted octanol–water partition coefficient (Wildman–Crippen LogP) is 0.404. The number of hydrogen-bond donors (Lipinski definition) is 0. The lowest BCUT2D eigenvalue weighted by Gasteiger charge is -2.29. The van der Waals surface area contributed by atoms with E-state index in [1.807, 2.05) is 13.8 Å². The fourth-order valence-corrected chi connectivity index (χ4v) is 1.85. The molecule has 0 radical (unpaired) electrons. The summed E-state index contributed by atoms with van der Waals surface area (Å²) in [7, 11) is 1.62. The number of morpholine rings is 1. The van der Waals surface area contributed by atoms with Crippen LogP contribution in [-0.2, 0) is 11.8 Å². The van der Waals surface area contributed by atoms with E-state index in [0.29, 0.717) is 19.1 Å². The van der Waals surface area contributed by atoms with Crippen LogP contribution < -0.4 is 15.2 Å². The molecule has 0 aliphatic carbocycles. The molecule has 2 rings (SSSR count). The molecule has 2 heterocycles. The molecule has 1 aliphatic heterocycles. The zero-order valence-electron chi connectivity index (χ0n) is 11.0. The first-order chi connectivity index (χ1) is 8.58. The first kappa shape index (κ1) is 12.9. The average Bonchev–Trinajstić information content (AvgIpc) is 2.34. The quantitative estimate of drug-likeness (QED) is 0.780. The Morgan fingerprint density at radius 2 is 2.06 bits per heavy atom. The summed E-state index contributed by atoms with van der Waals surface area (Å²) in [5, 5.41) is 4.19. The Morgan fingerprint density at radius 1 is 1.39 bits per heavy atom. The van der Waals surface area contributed by atoms with Crippen LogP contribution in [0.15, 0.2) is 10.9 Å². The van der Waals surface area contributed by atoms with Crippen LogP contribution in [0, 0.1) is 0 Å². The maximum atomic E-state index is 11.7. The van der Waals surface area contributed by atoms with Gasteiger partial charge in [0.2, 0.25) is 0 Å². The second-order valence-corrected chi connectivity index (χ2v) is 4.56. The zero-order valence-corrected chi connectivity index (χ0v) is 11.0. The topological polar surface area (TPSA) is 56.6 Å². The van der Waals surface area contributed by atoms with Crippen molar-refractivity contribution in [2.45, 2.75) is 20.0 Å². The van der Waals surface area contributed by atoms with E-state index in [0.717, 1.165) is 18.8 Å². The Hall–Kier alpha value is -1.56. The van der Waals surface area contributed by atoms with E-state index in [2.05, 4.69) is 10.00 Å². The monoisotopic (exact) mass is 253 g/mol. The van der Waals surface area contributed by atoms with Crippen LogP contribution in [0.1, 0.15) is 13.8 Å². The van der Waals surface area contributed by atoms with Crippen LogP contribution in [0.5, 0.6) is 5.88 Å². The number of aryl methyl sites for hydroxylation is 1. The van der Waals surface area contributed by atoms with E-state index >= 15 is 0 Å². The van der Waals surface area contributed by atoms with Crippen LogP contribution in [0.3, 0.4) is 0 Å². The molecule has 6 nitrogen and oxygen atoms in total. The molecular weight excluding hydrogens is 234 g/mol. The number of rotatable bonds is 3. The third-order valence-corrected chi connectivity index (χ3v) is 2.74. The molecule has 1 aliphatic rings. The molecule has 1 aromatic heterocycles. The van der Waals surface area contributed by atoms with E-state index in [4.69, 9.17) is 9.47 Å². The van der Waals surface area contributed by atoms with Crippen LogP contribution in [0.4, 0.5) is 5.69 Å². The molecule has 100 valence electrons. The highest BCUT2D eigenvalue weighted by Gasteiger charge is 2.19. The highest BCUT2D eigenvalue weighted by Crippen LogP contribution is 2.25. The molecule has 18 heavy (non-hydrogen) atoms. The summed E-state index contributed by atoms with van der Waals surface area (Å²) >= 11 is 0. The molecule has 0 bridgehead atoms. The molecule has 0 spiro atoms. The Labute approximate surface area is 106 Å². The van der Waals surface area contributed by atoms with E-state index in [-0.39, 0.29) is 11.7 Å². The Kier molecular flexibility index (Phi) is 3.86. The van der Waals surface area contributed by atoms with E-state index in [1.54, 1.807) is 13.1 Å². The lowest BCUT2D eigenvalue weighted by molar-refractivity contribution is 0.122. The summed E-state index contributed by atoms with van der Waals surface area (Å²) in [6.07, 6.45) is 0.0230. The van der Waals surface area contributed by atoms with Gasteiger partial charge in [-0.1, -0.05) is 0 Å². The van der Waals surface area contributed by atoms with E-state index < -0.39 is 0 Å². The number of aromatic nitrogens is 2. The summed E-state index contributed by atoms with van der Waals surface area (Å²) < 4.78 is 12.3. The fraction of sp³-hybridized carbons (Fsp3) is 0.667. The molecule has 0 saturated carbocycles. The van der Waals surface area contributed by atoms with Crippen molar-refractivity contribution in [3.8, 4) is 5.88 Å². The van der Waals surface area contributed by atoms with Gasteiger partial charge in [-0.25, -0.2) is 4.68 Å². The number of nitrogens with zero attached hydrogens (tertiary/aromatic N) is 3. The largest absolute Gasteiger partial charge is 0.472 e. The van der Waals surface area contributed by atoms with E-state index in [1.165, 1.54) is 4.68 Å². The average molecular weight is 253 g/mol. The summed E-state index contributed by atoms with van der Waals surface area (Å²) in [4.78, 5) is 13.8. The Bertz CT molecular complexity index is 464. The Balaban J connectivity index is 2.36. The van der Waals surface area contributed by atoms with Gasteiger partial charge in [0.15, 0.2) is 0 Å². The van der Waals surface area contributed by atoms with Crippen molar-refractivity contribution in [2.24, 2.45) is 7.05 Å². The van der Waals surface area contributed by atoms with Gasteiger partial charge in [-0.15, -0.1) is 5.10 Å². The predicted molar refractivity (Wildman–Crippen MR) is 68.3 cm³/mol. The third kappa shape index (κ3) is 2.81. The number of anilines is 1. The molecule has 0 atom stereocenters. The zero-order chi connectivity index (χ0) is 13.1. The van der Waals surface area contributed by atoms with Crippen LogP contribution in [0.25, 0.3) is 0 Å². The van der Waals surface area contributed by atoms with Crippen molar-refractivity contribution in [1.82, 2.24) is 9.78 Å². The first-order valence-electron chi connectivity index (χ1n) is 6.15. The SMILES string of the molecule is CC(C)Oc1nn(C)c(=O)cc1N1CCOCC1. The molecule has 1 fully saturated rings. The van der Waals surface area contributed by atoms with Crippen molar-refractivity contribution in [1.29, 1.82) is 0 Å². The summed E-state index contributed by atoms with van der Waals surface area (Å²) in [5.41, 5.74) is 0.627. The molecule has 1 saturated heterocycles. The second kappa shape index (κ2) is 5.39. The van der Waals surface area contributed by atoms with Crippen molar-refractivity contribution >= 4 is 5.69 Å². The van der Waals surface area contributed by atoms with Crippen LogP contribution >= 0.6 is 0 Å². The maximum absolute atomic E-state index is 11.7. The molecular formula is C12H19N3O3. The standard InChI is InChI=1S/C12H19N3O3/c1-9(2)18-12-10(8-11(16)14(3)13-12)15-4-6-17-7-5-15/h8-9H,4-7H2,1-3H3. The second-order valence-electron chi connectivity index (χ2n) is 4.56. The van der Waals surface area contributed by atoms with Crippen LogP contribution in [-0.4, -0.2) is 42.2 Å². The molecule has 0 N–H and O–H groups in total. The van der Waals surface area contributed by atoms with Gasteiger partial charge in [0.1, 0.15) is 5.69 Å². The lowest BCUT2D eigenvalue weighted by Crippen LogP contribution is -2.38.